The molecule has 1 amide bonds. The van der Waals surface area contributed by atoms with Gasteiger partial charge in [0.2, 0.25) is 0 Å². The monoisotopic (exact) mass is 546 g/mol. The molecule has 0 atom stereocenters. The SMILES string of the molecule is CCNC(=NCc1cccc(OCC(F)F)c1)NCCc1cccc(C(=O)NC)c1.I. The van der Waals surface area contributed by atoms with Crippen molar-refractivity contribution >= 4 is 35.8 Å². The van der Waals surface area contributed by atoms with Crippen molar-refractivity contribution in [3.05, 3.63) is 65.2 Å². The van der Waals surface area contributed by atoms with Crippen molar-refractivity contribution in [2.24, 2.45) is 4.99 Å². The summed E-state index contributed by atoms with van der Waals surface area (Å²) in [6, 6.07) is 14.5. The Morgan fingerprint density at radius 3 is 2.55 bits per heavy atom. The zero-order chi connectivity index (χ0) is 21.8. The summed E-state index contributed by atoms with van der Waals surface area (Å²) in [4.78, 5) is 16.3. The fourth-order valence-corrected chi connectivity index (χ4v) is 2.74. The molecule has 0 aliphatic rings. The van der Waals surface area contributed by atoms with E-state index in [1.807, 2.05) is 31.2 Å². The van der Waals surface area contributed by atoms with Gasteiger partial charge in [-0.05, 0) is 48.7 Å². The molecule has 31 heavy (non-hydrogen) atoms. The Hall–Kier alpha value is -2.43. The molecule has 0 spiro atoms. The van der Waals surface area contributed by atoms with E-state index in [4.69, 9.17) is 4.74 Å². The van der Waals surface area contributed by atoms with E-state index in [2.05, 4.69) is 20.9 Å². The van der Waals surface area contributed by atoms with Crippen LogP contribution in [0.5, 0.6) is 5.75 Å². The summed E-state index contributed by atoms with van der Waals surface area (Å²) < 4.78 is 29.6. The zero-order valence-corrected chi connectivity index (χ0v) is 20.0. The minimum Gasteiger partial charge on any atom is -0.488 e. The van der Waals surface area contributed by atoms with E-state index in [9.17, 15) is 13.6 Å². The first-order chi connectivity index (χ1) is 14.5. The van der Waals surface area contributed by atoms with Gasteiger partial charge in [0.05, 0.1) is 6.54 Å². The molecule has 2 aromatic rings. The summed E-state index contributed by atoms with van der Waals surface area (Å²) in [5.74, 6) is 0.940. The second-order valence-electron chi connectivity index (χ2n) is 6.50. The third-order valence-corrected chi connectivity index (χ3v) is 4.16. The van der Waals surface area contributed by atoms with Gasteiger partial charge in [-0.3, -0.25) is 4.79 Å². The number of benzene rings is 2. The highest BCUT2D eigenvalue weighted by molar-refractivity contribution is 14.0. The highest BCUT2D eigenvalue weighted by atomic mass is 127. The Morgan fingerprint density at radius 1 is 1.10 bits per heavy atom. The van der Waals surface area contributed by atoms with Crippen LogP contribution in [0.1, 0.15) is 28.4 Å². The Morgan fingerprint density at radius 2 is 1.84 bits per heavy atom. The molecular weight excluding hydrogens is 517 g/mol. The summed E-state index contributed by atoms with van der Waals surface area (Å²) in [5, 5.41) is 9.06. The molecule has 9 heteroatoms. The molecular formula is C22H29F2IN4O2. The first-order valence-electron chi connectivity index (χ1n) is 9.85. The van der Waals surface area contributed by atoms with Gasteiger partial charge in [-0.25, -0.2) is 13.8 Å². The number of hydrogen-bond acceptors (Lipinski definition) is 3. The van der Waals surface area contributed by atoms with Gasteiger partial charge >= 0.3 is 0 Å². The molecule has 0 radical (unpaired) electrons. The lowest BCUT2D eigenvalue weighted by Gasteiger charge is -2.12. The van der Waals surface area contributed by atoms with Gasteiger partial charge < -0.3 is 20.7 Å². The summed E-state index contributed by atoms with van der Waals surface area (Å²) in [5.41, 5.74) is 2.53. The third kappa shape index (κ3) is 9.95. The van der Waals surface area contributed by atoms with Gasteiger partial charge in [0.25, 0.3) is 12.3 Å². The number of nitrogens with zero attached hydrogens (tertiary/aromatic N) is 1. The van der Waals surface area contributed by atoms with Crippen molar-refractivity contribution in [1.82, 2.24) is 16.0 Å². The van der Waals surface area contributed by atoms with Crippen molar-refractivity contribution in [2.45, 2.75) is 26.3 Å². The Kier molecular flexibility index (Phi) is 12.5. The zero-order valence-electron chi connectivity index (χ0n) is 17.7. The van der Waals surface area contributed by atoms with Crippen LogP contribution in [-0.2, 0) is 13.0 Å². The lowest BCUT2D eigenvalue weighted by atomic mass is 10.1. The average molecular weight is 546 g/mol. The fraction of sp³-hybridized carbons (Fsp3) is 0.364. The second-order valence-corrected chi connectivity index (χ2v) is 6.50. The molecule has 0 aliphatic carbocycles. The van der Waals surface area contributed by atoms with Crippen molar-refractivity contribution in [2.75, 3.05) is 26.7 Å². The van der Waals surface area contributed by atoms with Gasteiger partial charge in [0.15, 0.2) is 5.96 Å². The first kappa shape index (κ1) is 26.6. The summed E-state index contributed by atoms with van der Waals surface area (Å²) in [7, 11) is 1.61. The van der Waals surface area contributed by atoms with Crippen LogP contribution < -0.4 is 20.7 Å². The van der Waals surface area contributed by atoms with Crippen molar-refractivity contribution < 1.29 is 18.3 Å². The van der Waals surface area contributed by atoms with Crippen molar-refractivity contribution in [3.63, 3.8) is 0 Å². The fourth-order valence-electron chi connectivity index (χ4n) is 2.74. The number of ether oxygens (including phenoxy) is 1. The minimum atomic E-state index is -2.51. The van der Waals surface area contributed by atoms with Gasteiger partial charge in [0, 0.05) is 25.7 Å². The van der Waals surface area contributed by atoms with E-state index in [1.54, 1.807) is 31.3 Å². The molecule has 0 saturated heterocycles. The molecule has 2 aromatic carbocycles. The van der Waals surface area contributed by atoms with Crippen LogP contribution in [0.25, 0.3) is 0 Å². The van der Waals surface area contributed by atoms with Crippen LogP contribution in [0.3, 0.4) is 0 Å². The molecule has 0 bridgehead atoms. The molecule has 0 aromatic heterocycles. The number of nitrogens with one attached hydrogen (secondary N) is 3. The first-order valence-corrected chi connectivity index (χ1v) is 9.85. The maximum absolute atomic E-state index is 12.3. The lowest BCUT2D eigenvalue weighted by Crippen LogP contribution is -2.38. The van der Waals surface area contributed by atoms with E-state index in [1.165, 1.54) is 0 Å². The second kappa shape index (κ2) is 14.6. The number of guanidine groups is 1. The third-order valence-electron chi connectivity index (χ3n) is 4.16. The van der Waals surface area contributed by atoms with E-state index in [0.717, 1.165) is 17.5 Å². The number of aliphatic imine (C=N–C) groups is 1. The summed E-state index contributed by atoms with van der Waals surface area (Å²) >= 11 is 0. The highest BCUT2D eigenvalue weighted by Gasteiger charge is 2.06. The van der Waals surface area contributed by atoms with Crippen molar-refractivity contribution in [3.8, 4) is 5.75 Å². The largest absolute Gasteiger partial charge is 0.488 e. The molecule has 0 saturated carbocycles. The topological polar surface area (TPSA) is 74.8 Å². The highest BCUT2D eigenvalue weighted by Crippen LogP contribution is 2.15. The Labute approximate surface area is 198 Å². The number of rotatable bonds is 10. The van der Waals surface area contributed by atoms with Gasteiger partial charge in [0.1, 0.15) is 12.4 Å². The smallest absolute Gasteiger partial charge is 0.272 e. The number of carbonyl (C=O) groups excluding carboxylic acids is 1. The Balaban J connectivity index is 0.00000480. The molecule has 0 unspecified atom stereocenters. The van der Waals surface area contributed by atoms with E-state index in [0.29, 0.717) is 36.9 Å². The molecule has 0 heterocycles. The predicted molar refractivity (Wildman–Crippen MR) is 130 cm³/mol. The van der Waals surface area contributed by atoms with E-state index >= 15 is 0 Å². The number of hydrogen-bond donors (Lipinski definition) is 3. The number of halogens is 3. The lowest BCUT2D eigenvalue weighted by molar-refractivity contribution is 0.0818. The average Bonchev–Trinajstić information content (AvgIpc) is 2.76. The quantitative estimate of drug-likeness (QED) is 0.242. The van der Waals surface area contributed by atoms with Crippen LogP contribution in [0, 0.1) is 0 Å². The predicted octanol–water partition coefficient (Wildman–Crippen LogP) is 3.61. The van der Waals surface area contributed by atoms with Crippen LogP contribution in [-0.4, -0.2) is 45.0 Å². The molecule has 2 rings (SSSR count). The maximum Gasteiger partial charge on any atom is 0.272 e. The van der Waals surface area contributed by atoms with Crippen LogP contribution in [0.4, 0.5) is 8.78 Å². The van der Waals surface area contributed by atoms with Crippen molar-refractivity contribution in [1.29, 1.82) is 0 Å². The molecule has 6 nitrogen and oxygen atoms in total. The molecule has 170 valence electrons. The standard InChI is InChI=1S/C22H28F2N4O2.HI/c1-3-26-22(27-11-10-16-6-4-8-18(12-16)21(29)25-2)28-14-17-7-5-9-19(13-17)30-15-20(23)24;/h4-9,12-13,20H,3,10-11,14-15H2,1-2H3,(H,25,29)(H2,26,27,28);1H. The molecule has 3 N–H and O–H groups in total. The normalized spacial score (nSPS) is 10.9. The van der Waals surface area contributed by atoms with E-state index in [-0.39, 0.29) is 29.9 Å². The van der Waals surface area contributed by atoms with Crippen LogP contribution in [0.2, 0.25) is 0 Å². The molecule has 0 fully saturated rings. The maximum atomic E-state index is 12.3. The molecule has 0 aliphatic heterocycles. The number of amides is 1. The summed E-state index contributed by atoms with van der Waals surface area (Å²) in [6.07, 6.45) is -1.78. The Bertz CT molecular complexity index is 850. The van der Waals surface area contributed by atoms with E-state index < -0.39 is 13.0 Å². The van der Waals surface area contributed by atoms with Crippen LogP contribution >= 0.6 is 24.0 Å². The van der Waals surface area contributed by atoms with Gasteiger partial charge in [-0.15, -0.1) is 24.0 Å². The van der Waals surface area contributed by atoms with Crippen LogP contribution in [0.15, 0.2) is 53.5 Å². The summed E-state index contributed by atoms with van der Waals surface area (Å²) in [6.45, 7) is 3.07. The van der Waals surface area contributed by atoms with Gasteiger partial charge in [-0.1, -0.05) is 24.3 Å². The minimum absolute atomic E-state index is 0. The number of carbonyl (C=O) groups is 1. The van der Waals surface area contributed by atoms with Gasteiger partial charge in [-0.2, -0.15) is 0 Å². The number of alkyl halides is 2.